The van der Waals surface area contributed by atoms with Gasteiger partial charge in [0.25, 0.3) is 0 Å². The van der Waals surface area contributed by atoms with Gasteiger partial charge >= 0.3 is 0 Å². The van der Waals surface area contributed by atoms with Crippen molar-refractivity contribution >= 4 is 34.6 Å². The standard InChI is InChI=1S/C12H18ClN3S/c1-9-10(13)5-4-6-11(9)15-12(17)14-7-8-16(2)3/h4-6H,7-8H2,1-3H3,(H2,14,15,17)/p+1. The van der Waals surface area contributed by atoms with E-state index in [9.17, 15) is 0 Å². The molecule has 0 aromatic heterocycles. The molecule has 3 N–H and O–H groups in total. The SMILES string of the molecule is Cc1c(Cl)cccc1NC(=S)NCC[NH+](C)C. The maximum Gasteiger partial charge on any atom is 0.170 e. The normalized spacial score (nSPS) is 10.4. The molecule has 1 rings (SSSR count). The summed E-state index contributed by atoms with van der Waals surface area (Å²) in [5, 5.41) is 7.70. The van der Waals surface area contributed by atoms with Gasteiger partial charge in [-0.05, 0) is 36.8 Å². The molecule has 0 heterocycles. The van der Waals surface area contributed by atoms with Gasteiger partial charge in [0.05, 0.1) is 27.2 Å². The summed E-state index contributed by atoms with van der Waals surface area (Å²) in [6.07, 6.45) is 0. The van der Waals surface area contributed by atoms with Gasteiger partial charge in [0, 0.05) is 10.7 Å². The van der Waals surface area contributed by atoms with Crippen molar-refractivity contribution in [1.82, 2.24) is 5.32 Å². The van der Waals surface area contributed by atoms with E-state index in [2.05, 4.69) is 24.7 Å². The molecule has 0 atom stereocenters. The minimum absolute atomic E-state index is 0.636. The van der Waals surface area contributed by atoms with Crippen LogP contribution < -0.4 is 15.5 Å². The zero-order chi connectivity index (χ0) is 12.8. The molecule has 0 saturated heterocycles. The van der Waals surface area contributed by atoms with Crippen LogP contribution in [-0.2, 0) is 0 Å². The molecule has 0 saturated carbocycles. The first-order valence-corrected chi connectivity index (χ1v) is 6.38. The second-order valence-corrected chi connectivity index (χ2v) is 5.07. The smallest absolute Gasteiger partial charge is 0.170 e. The number of benzene rings is 1. The first-order chi connectivity index (χ1) is 8.00. The number of rotatable bonds is 4. The Morgan fingerprint density at radius 3 is 2.76 bits per heavy atom. The highest BCUT2D eigenvalue weighted by Crippen LogP contribution is 2.22. The van der Waals surface area contributed by atoms with Crippen molar-refractivity contribution in [2.75, 3.05) is 32.5 Å². The van der Waals surface area contributed by atoms with Crippen LogP contribution in [0.1, 0.15) is 5.56 Å². The van der Waals surface area contributed by atoms with Crippen LogP contribution in [0, 0.1) is 6.92 Å². The summed E-state index contributed by atoms with van der Waals surface area (Å²) in [4.78, 5) is 1.39. The predicted octanol–water partition coefficient (Wildman–Crippen LogP) is 1.08. The molecule has 17 heavy (non-hydrogen) atoms. The molecule has 3 nitrogen and oxygen atoms in total. The van der Waals surface area contributed by atoms with Crippen LogP contribution in [0.15, 0.2) is 18.2 Å². The molecule has 5 heteroatoms. The van der Waals surface area contributed by atoms with Crippen LogP contribution in [0.25, 0.3) is 0 Å². The summed E-state index contributed by atoms with van der Waals surface area (Å²) in [6, 6.07) is 5.74. The van der Waals surface area contributed by atoms with Gasteiger partial charge in [-0.2, -0.15) is 0 Å². The van der Waals surface area contributed by atoms with E-state index in [0.29, 0.717) is 5.11 Å². The maximum atomic E-state index is 6.04. The molecule has 0 unspecified atom stereocenters. The van der Waals surface area contributed by atoms with Crippen LogP contribution in [0.3, 0.4) is 0 Å². The molecule has 0 radical (unpaired) electrons. The van der Waals surface area contributed by atoms with E-state index in [0.717, 1.165) is 29.4 Å². The molecule has 1 aromatic carbocycles. The Bertz CT molecular complexity index is 393. The summed E-state index contributed by atoms with van der Waals surface area (Å²) < 4.78 is 0. The molecular weight excluding hydrogens is 254 g/mol. The Hall–Kier alpha value is -0.840. The number of hydrogen-bond donors (Lipinski definition) is 3. The van der Waals surface area contributed by atoms with Crippen molar-refractivity contribution in [1.29, 1.82) is 0 Å². The van der Waals surface area contributed by atoms with Crippen molar-refractivity contribution in [3.63, 3.8) is 0 Å². The van der Waals surface area contributed by atoms with E-state index in [4.69, 9.17) is 23.8 Å². The number of thiocarbonyl (C=S) groups is 1. The predicted molar refractivity (Wildman–Crippen MR) is 78.1 cm³/mol. The van der Waals surface area contributed by atoms with Gasteiger partial charge in [0.1, 0.15) is 0 Å². The number of hydrogen-bond acceptors (Lipinski definition) is 1. The number of anilines is 1. The van der Waals surface area contributed by atoms with Crippen LogP contribution in [-0.4, -0.2) is 32.3 Å². The molecule has 0 amide bonds. The van der Waals surface area contributed by atoms with Gasteiger partial charge in [0.15, 0.2) is 5.11 Å². The highest BCUT2D eigenvalue weighted by molar-refractivity contribution is 7.80. The lowest BCUT2D eigenvalue weighted by Gasteiger charge is -2.14. The molecular formula is C12H19ClN3S+. The monoisotopic (exact) mass is 272 g/mol. The molecule has 0 spiro atoms. The van der Waals surface area contributed by atoms with Crippen LogP contribution >= 0.6 is 23.8 Å². The average Bonchev–Trinajstić information content (AvgIpc) is 2.24. The topological polar surface area (TPSA) is 28.5 Å². The lowest BCUT2D eigenvalue weighted by Crippen LogP contribution is -3.06. The van der Waals surface area contributed by atoms with Crippen molar-refractivity contribution in [3.05, 3.63) is 28.8 Å². The van der Waals surface area contributed by atoms with Gasteiger partial charge in [0.2, 0.25) is 0 Å². The van der Waals surface area contributed by atoms with E-state index in [1.165, 1.54) is 4.90 Å². The largest absolute Gasteiger partial charge is 0.357 e. The quantitative estimate of drug-likeness (QED) is 0.717. The number of quaternary nitrogens is 1. The van der Waals surface area contributed by atoms with Gasteiger partial charge in [-0.15, -0.1) is 0 Å². The van der Waals surface area contributed by atoms with Crippen LogP contribution in [0.4, 0.5) is 5.69 Å². The van der Waals surface area contributed by atoms with Crippen molar-refractivity contribution in [2.24, 2.45) is 0 Å². The number of halogens is 1. The molecule has 0 aliphatic heterocycles. The van der Waals surface area contributed by atoms with Gasteiger partial charge in [-0.1, -0.05) is 17.7 Å². The van der Waals surface area contributed by atoms with E-state index < -0.39 is 0 Å². The summed E-state index contributed by atoms with van der Waals surface area (Å²) >= 11 is 11.3. The third-order valence-electron chi connectivity index (χ3n) is 2.43. The number of likely N-dealkylation sites (N-methyl/N-ethyl adjacent to an activating group) is 1. The summed E-state index contributed by atoms with van der Waals surface area (Å²) in [6.45, 7) is 3.85. The van der Waals surface area contributed by atoms with Crippen molar-refractivity contribution < 1.29 is 4.90 Å². The summed E-state index contributed by atoms with van der Waals surface area (Å²) in [5.41, 5.74) is 1.96. The lowest BCUT2D eigenvalue weighted by molar-refractivity contribution is -0.856. The minimum Gasteiger partial charge on any atom is -0.357 e. The second-order valence-electron chi connectivity index (χ2n) is 4.25. The molecule has 0 aliphatic carbocycles. The molecule has 1 aromatic rings. The fourth-order valence-electron chi connectivity index (χ4n) is 1.34. The first-order valence-electron chi connectivity index (χ1n) is 5.59. The Balaban J connectivity index is 2.48. The van der Waals surface area contributed by atoms with Gasteiger partial charge in [-0.25, -0.2) is 0 Å². The van der Waals surface area contributed by atoms with Crippen LogP contribution in [0.2, 0.25) is 5.02 Å². The molecule has 0 aliphatic rings. The molecule has 0 bridgehead atoms. The van der Waals surface area contributed by atoms with Gasteiger partial charge in [-0.3, -0.25) is 0 Å². The fraction of sp³-hybridized carbons (Fsp3) is 0.417. The Labute approximate surface area is 113 Å². The average molecular weight is 273 g/mol. The fourth-order valence-corrected chi connectivity index (χ4v) is 1.72. The zero-order valence-corrected chi connectivity index (χ0v) is 12.0. The minimum atomic E-state index is 0.636. The Morgan fingerprint density at radius 2 is 2.12 bits per heavy atom. The molecule has 94 valence electrons. The van der Waals surface area contributed by atoms with E-state index in [-0.39, 0.29) is 0 Å². The zero-order valence-electron chi connectivity index (χ0n) is 10.4. The van der Waals surface area contributed by atoms with Crippen molar-refractivity contribution in [3.8, 4) is 0 Å². The van der Waals surface area contributed by atoms with Crippen molar-refractivity contribution in [2.45, 2.75) is 6.92 Å². The Kier molecular flexibility index (Phi) is 5.68. The highest BCUT2D eigenvalue weighted by Gasteiger charge is 2.03. The summed E-state index contributed by atoms with van der Waals surface area (Å²) in [5.74, 6) is 0. The second kappa shape index (κ2) is 6.79. The van der Waals surface area contributed by atoms with E-state index >= 15 is 0 Å². The number of nitrogens with one attached hydrogen (secondary N) is 3. The Morgan fingerprint density at radius 1 is 1.41 bits per heavy atom. The maximum absolute atomic E-state index is 6.04. The van der Waals surface area contributed by atoms with Crippen LogP contribution in [0.5, 0.6) is 0 Å². The first kappa shape index (κ1) is 14.2. The molecule has 0 fully saturated rings. The summed E-state index contributed by atoms with van der Waals surface area (Å²) in [7, 11) is 4.22. The third-order valence-corrected chi connectivity index (χ3v) is 3.08. The van der Waals surface area contributed by atoms with E-state index in [1.54, 1.807) is 0 Å². The lowest BCUT2D eigenvalue weighted by atomic mass is 10.2. The highest BCUT2D eigenvalue weighted by atomic mass is 35.5. The van der Waals surface area contributed by atoms with Gasteiger partial charge < -0.3 is 15.5 Å². The van der Waals surface area contributed by atoms with E-state index in [1.807, 2.05) is 25.1 Å². The third kappa shape index (κ3) is 4.89.